The van der Waals surface area contributed by atoms with Crippen LogP contribution in [0.4, 0.5) is 10.1 Å². The first-order chi connectivity index (χ1) is 9.98. The predicted octanol–water partition coefficient (Wildman–Crippen LogP) is 2.35. The van der Waals surface area contributed by atoms with E-state index in [4.69, 9.17) is 10.2 Å². The first-order valence-electron chi connectivity index (χ1n) is 6.58. The normalized spacial score (nSPS) is 15.5. The number of nitrogen functional groups attached to an aromatic ring is 1. The second-order valence-electron chi connectivity index (χ2n) is 5.04. The van der Waals surface area contributed by atoms with Crippen molar-refractivity contribution < 1.29 is 17.2 Å². The highest BCUT2D eigenvalue weighted by Crippen LogP contribution is 2.35. The minimum absolute atomic E-state index is 0.0513. The van der Waals surface area contributed by atoms with Crippen LogP contribution in [0.1, 0.15) is 18.6 Å². The monoisotopic (exact) mass is 310 g/mol. The Hall–Kier alpha value is -1.86. The SMILES string of the molecule is Nc1cc(F)ccc1S(=O)(=O)N(Cc1ccco1)C1CC1. The lowest BCUT2D eigenvalue weighted by atomic mass is 10.3. The predicted molar refractivity (Wildman–Crippen MR) is 75.3 cm³/mol. The number of rotatable bonds is 5. The molecule has 2 aromatic rings. The number of benzene rings is 1. The smallest absolute Gasteiger partial charge is 0.245 e. The standard InChI is InChI=1S/C14H15FN2O3S/c15-10-3-6-14(13(16)8-10)21(18,19)17(11-4-5-11)9-12-2-1-7-20-12/h1-3,6-8,11H,4-5,9,16H2. The molecule has 0 spiro atoms. The van der Waals surface area contributed by atoms with Crippen molar-refractivity contribution in [2.24, 2.45) is 0 Å². The molecule has 3 rings (SSSR count). The van der Waals surface area contributed by atoms with Gasteiger partial charge >= 0.3 is 0 Å². The summed E-state index contributed by atoms with van der Waals surface area (Å²) in [6.07, 6.45) is 3.11. The van der Waals surface area contributed by atoms with Gasteiger partial charge in [-0.3, -0.25) is 0 Å². The van der Waals surface area contributed by atoms with Crippen molar-refractivity contribution in [2.45, 2.75) is 30.3 Å². The van der Waals surface area contributed by atoms with Gasteiger partial charge in [0.2, 0.25) is 10.0 Å². The molecule has 1 aromatic carbocycles. The molecule has 0 amide bonds. The number of nitrogens with two attached hydrogens (primary N) is 1. The summed E-state index contributed by atoms with van der Waals surface area (Å²) in [5.74, 6) is 0.00150. The second-order valence-corrected chi connectivity index (χ2v) is 6.90. The zero-order chi connectivity index (χ0) is 15.0. The maximum Gasteiger partial charge on any atom is 0.245 e. The molecule has 1 aromatic heterocycles. The molecule has 1 aliphatic carbocycles. The lowest BCUT2D eigenvalue weighted by molar-refractivity contribution is 0.357. The molecule has 0 atom stereocenters. The van der Waals surface area contributed by atoms with Gasteiger partial charge < -0.3 is 10.2 Å². The largest absolute Gasteiger partial charge is 0.468 e. The highest BCUT2D eigenvalue weighted by Gasteiger charge is 2.39. The van der Waals surface area contributed by atoms with E-state index in [1.807, 2.05) is 0 Å². The van der Waals surface area contributed by atoms with Gasteiger partial charge in [0.15, 0.2) is 0 Å². The third-order valence-electron chi connectivity index (χ3n) is 3.40. The summed E-state index contributed by atoms with van der Waals surface area (Å²) >= 11 is 0. The summed E-state index contributed by atoms with van der Waals surface area (Å²) in [4.78, 5) is -0.0673. The average molecular weight is 310 g/mol. The third kappa shape index (κ3) is 2.79. The molecule has 1 aliphatic rings. The Morgan fingerprint density at radius 3 is 2.67 bits per heavy atom. The van der Waals surface area contributed by atoms with E-state index in [2.05, 4.69) is 0 Å². The Labute approximate surface area is 122 Å². The lowest BCUT2D eigenvalue weighted by Gasteiger charge is -2.21. The van der Waals surface area contributed by atoms with E-state index in [-0.39, 0.29) is 23.2 Å². The topological polar surface area (TPSA) is 76.5 Å². The third-order valence-corrected chi connectivity index (χ3v) is 5.38. The fourth-order valence-corrected chi connectivity index (χ4v) is 3.96. The molecule has 112 valence electrons. The van der Waals surface area contributed by atoms with Crippen molar-refractivity contribution in [3.63, 3.8) is 0 Å². The average Bonchev–Trinajstić information content (AvgIpc) is 3.11. The van der Waals surface area contributed by atoms with Crippen molar-refractivity contribution in [1.82, 2.24) is 4.31 Å². The number of sulfonamides is 1. The van der Waals surface area contributed by atoms with Crippen LogP contribution in [-0.2, 0) is 16.6 Å². The quantitative estimate of drug-likeness (QED) is 0.860. The van der Waals surface area contributed by atoms with E-state index in [0.717, 1.165) is 25.0 Å². The van der Waals surface area contributed by atoms with Crippen LogP contribution in [0, 0.1) is 5.82 Å². The molecule has 0 saturated heterocycles. The van der Waals surface area contributed by atoms with Crippen LogP contribution in [0.25, 0.3) is 0 Å². The van der Waals surface area contributed by atoms with E-state index in [0.29, 0.717) is 5.76 Å². The second kappa shape index (κ2) is 5.16. The van der Waals surface area contributed by atoms with Gasteiger partial charge in [-0.1, -0.05) is 0 Å². The van der Waals surface area contributed by atoms with Crippen molar-refractivity contribution in [2.75, 3.05) is 5.73 Å². The van der Waals surface area contributed by atoms with E-state index in [9.17, 15) is 12.8 Å². The summed E-state index contributed by atoms with van der Waals surface area (Å²) < 4.78 is 45.2. The molecule has 2 N–H and O–H groups in total. The van der Waals surface area contributed by atoms with Crippen molar-refractivity contribution in [3.8, 4) is 0 Å². The van der Waals surface area contributed by atoms with Crippen LogP contribution in [-0.4, -0.2) is 18.8 Å². The first kappa shape index (κ1) is 14.1. The molecule has 1 heterocycles. The van der Waals surface area contributed by atoms with Crippen LogP contribution in [0.5, 0.6) is 0 Å². The van der Waals surface area contributed by atoms with E-state index in [1.165, 1.54) is 16.6 Å². The van der Waals surface area contributed by atoms with E-state index >= 15 is 0 Å². The molecule has 0 radical (unpaired) electrons. The van der Waals surface area contributed by atoms with Crippen molar-refractivity contribution >= 4 is 15.7 Å². The lowest BCUT2D eigenvalue weighted by Crippen LogP contribution is -2.33. The summed E-state index contributed by atoms with van der Waals surface area (Å²) in [6.45, 7) is 0.150. The molecule has 0 unspecified atom stereocenters. The van der Waals surface area contributed by atoms with Gasteiger partial charge in [-0.25, -0.2) is 12.8 Å². The molecule has 21 heavy (non-hydrogen) atoms. The van der Waals surface area contributed by atoms with Crippen LogP contribution in [0.2, 0.25) is 0 Å². The summed E-state index contributed by atoms with van der Waals surface area (Å²) in [6, 6.07) is 6.70. The maximum atomic E-state index is 13.1. The van der Waals surface area contributed by atoms with Gasteiger partial charge in [0.05, 0.1) is 18.5 Å². The van der Waals surface area contributed by atoms with Crippen LogP contribution in [0.15, 0.2) is 45.9 Å². The van der Waals surface area contributed by atoms with Crippen LogP contribution < -0.4 is 5.73 Å². The number of hydrogen-bond donors (Lipinski definition) is 1. The number of anilines is 1. The summed E-state index contributed by atoms with van der Waals surface area (Å²) in [5.41, 5.74) is 5.59. The first-order valence-corrected chi connectivity index (χ1v) is 8.02. The number of halogens is 1. The minimum atomic E-state index is -3.78. The number of hydrogen-bond acceptors (Lipinski definition) is 4. The van der Waals surface area contributed by atoms with E-state index in [1.54, 1.807) is 12.1 Å². The molecule has 5 nitrogen and oxygen atoms in total. The Balaban J connectivity index is 1.97. The molecule has 1 fully saturated rings. The van der Waals surface area contributed by atoms with E-state index < -0.39 is 15.8 Å². The molecule has 0 bridgehead atoms. The fraction of sp³-hybridized carbons (Fsp3) is 0.286. The highest BCUT2D eigenvalue weighted by molar-refractivity contribution is 7.89. The maximum absolute atomic E-state index is 13.1. The van der Waals surface area contributed by atoms with Gasteiger partial charge in [0.1, 0.15) is 16.5 Å². The molecular formula is C14H15FN2O3S. The molecule has 0 aliphatic heterocycles. The van der Waals surface area contributed by atoms with Crippen molar-refractivity contribution in [3.05, 3.63) is 48.2 Å². The van der Waals surface area contributed by atoms with Crippen LogP contribution in [0.3, 0.4) is 0 Å². The van der Waals surface area contributed by atoms with Gasteiger partial charge in [-0.05, 0) is 43.2 Å². The summed E-state index contributed by atoms with van der Waals surface area (Å²) in [7, 11) is -3.78. The van der Waals surface area contributed by atoms with Gasteiger partial charge in [0.25, 0.3) is 0 Å². The number of nitrogens with zero attached hydrogens (tertiary/aromatic N) is 1. The Bertz CT molecular complexity index is 740. The van der Waals surface area contributed by atoms with Crippen LogP contribution >= 0.6 is 0 Å². The fourth-order valence-electron chi connectivity index (χ4n) is 2.21. The Kier molecular flexibility index (Phi) is 3.46. The zero-order valence-electron chi connectivity index (χ0n) is 11.2. The zero-order valence-corrected chi connectivity index (χ0v) is 12.0. The van der Waals surface area contributed by atoms with Gasteiger partial charge in [-0.2, -0.15) is 4.31 Å². The summed E-state index contributed by atoms with van der Waals surface area (Å²) in [5, 5.41) is 0. The van der Waals surface area contributed by atoms with Gasteiger partial charge in [-0.15, -0.1) is 0 Å². The molecule has 7 heteroatoms. The molecular weight excluding hydrogens is 295 g/mol. The Morgan fingerprint density at radius 1 is 1.33 bits per heavy atom. The van der Waals surface area contributed by atoms with Crippen molar-refractivity contribution in [1.29, 1.82) is 0 Å². The Morgan fingerprint density at radius 2 is 2.10 bits per heavy atom. The minimum Gasteiger partial charge on any atom is -0.468 e. The molecule has 1 saturated carbocycles. The van der Waals surface area contributed by atoms with Gasteiger partial charge in [0, 0.05) is 6.04 Å². The number of furan rings is 1. The highest BCUT2D eigenvalue weighted by atomic mass is 32.2.